The molecule has 0 spiro atoms. The Bertz CT molecular complexity index is 728. The summed E-state index contributed by atoms with van der Waals surface area (Å²) in [6, 6.07) is 10.0. The minimum Gasteiger partial charge on any atom is -0.495 e. The summed E-state index contributed by atoms with van der Waals surface area (Å²) >= 11 is 0. The quantitative estimate of drug-likeness (QED) is 0.842. The Labute approximate surface area is 148 Å². The van der Waals surface area contributed by atoms with Gasteiger partial charge in [0.15, 0.2) is 0 Å². The highest BCUT2D eigenvalue weighted by Gasteiger charge is 2.24. The maximum Gasteiger partial charge on any atom is 0.220 e. The number of carbonyl (C=O) groups excluding carboxylic acids is 1. The van der Waals surface area contributed by atoms with Gasteiger partial charge in [0, 0.05) is 30.1 Å². The van der Waals surface area contributed by atoms with Gasteiger partial charge in [-0.15, -0.1) is 0 Å². The molecule has 3 rings (SSSR count). The molecule has 1 N–H and O–H groups in total. The third-order valence-electron chi connectivity index (χ3n) is 4.57. The number of nitrogens with one attached hydrogen (secondary N) is 1. The molecule has 1 amide bonds. The van der Waals surface area contributed by atoms with Gasteiger partial charge in [0.2, 0.25) is 5.91 Å². The van der Waals surface area contributed by atoms with Crippen LogP contribution in [0, 0.1) is 6.92 Å². The van der Waals surface area contributed by atoms with Crippen LogP contribution in [0.3, 0.4) is 0 Å². The van der Waals surface area contributed by atoms with Gasteiger partial charge in [-0.2, -0.15) is 0 Å². The lowest BCUT2D eigenvalue weighted by Crippen LogP contribution is -2.26. The van der Waals surface area contributed by atoms with Crippen molar-refractivity contribution in [2.75, 3.05) is 20.3 Å². The molecule has 5 nitrogen and oxygen atoms in total. The van der Waals surface area contributed by atoms with E-state index in [0.29, 0.717) is 31.9 Å². The fraction of sp³-hybridized carbons (Fsp3) is 0.400. The lowest BCUT2D eigenvalue weighted by molar-refractivity contribution is -0.121. The van der Waals surface area contributed by atoms with Gasteiger partial charge in [-0.25, -0.2) is 0 Å². The summed E-state index contributed by atoms with van der Waals surface area (Å²) in [7, 11) is 1.61. The number of aromatic nitrogens is 1. The monoisotopic (exact) mass is 340 g/mol. The molecule has 1 aliphatic heterocycles. The molecule has 1 aliphatic rings. The number of fused-ring (bicyclic) bond motifs is 1. The molecule has 2 aromatic rings. The van der Waals surface area contributed by atoms with Crippen molar-refractivity contribution in [3.63, 3.8) is 0 Å². The molecule has 0 bridgehead atoms. The summed E-state index contributed by atoms with van der Waals surface area (Å²) in [6.07, 6.45) is 3.64. The van der Waals surface area contributed by atoms with Crippen molar-refractivity contribution in [1.29, 1.82) is 0 Å². The van der Waals surface area contributed by atoms with E-state index >= 15 is 0 Å². The van der Waals surface area contributed by atoms with Gasteiger partial charge in [0.1, 0.15) is 11.5 Å². The predicted octanol–water partition coefficient (Wildman–Crippen LogP) is 3.01. The molecular weight excluding hydrogens is 316 g/mol. The van der Waals surface area contributed by atoms with E-state index in [0.717, 1.165) is 23.6 Å². The molecule has 1 atom stereocenters. The molecule has 1 aromatic carbocycles. The first kappa shape index (κ1) is 17.3. The summed E-state index contributed by atoms with van der Waals surface area (Å²) in [5, 5.41) is 3.00. The second-order valence-electron chi connectivity index (χ2n) is 6.33. The van der Waals surface area contributed by atoms with Gasteiger partial charge in [0.05, 0.1) is 19.9 Å². The largest absolute Gasteiger partial charge is 0.495 e. The highest BCUT2D eigenvalue weighted by molar-refractivity contribution is 5.76. The van der Waals surface area contributed by atoms with Gasteiger partial charge < -0.3 is 14.8 Å². The van der Waals surface area contributed by atoms with Crippen molar-refractivity contribution in [3.05, 3.63) is 53.3 Å². The fourth-order valence-corrected chi connectivity index (χ4v) is 3.10. The summed E-state index contributed by atoms with van der Waals surface area (Å²) in [5.74, 6) is 2.16. The number of nitrogens with zero attached hydrogens (tertiary/aromatic N) is 1. The number of methoxy groups -OCH3 is 1. The van der Waals surface area contributed by atoms with Crippen LogP contribution in [0.2, 0.25) is 0 Å². The topological polar surface area (TPSA) is 60.5 Å². The summed E-state index contributed by atoms with van der Waals surface area (Å²) < 4.78 is 10.9. The fourth-order valence-electron chi connectivity index (χ4n) is 3.10. The molecule has 0 saturated heterocycles. The van der Waals surface area contributed by atoms with Gasteiger partial charge >= 0.3 is 0 Å². The van der Waals surface area contributed by atoms with Crippen molar-refractivity contribution in [2.24, 2.45) is 0 Å². The Morgan fingerprint density at radius 3 is 3.00 bits per heavy atom. The van der Waals surface area contributed by atoms with Crippen LogP contribution in [-0.2, 0) is 11.2 Å². The van der Waals surface area contributed by atoms with E-state index in [2.05, 4.69) is 35.4 Å². The molecule has 0 fully saturated rings. The number of ether oxygens (including phenoxy) is 2. The minimum atomic E-state index is 0.0565. The van der Waals surface area contributed by atoms with Crippen molar-refractivity contribution < 1.29 is 14.3 Å². The van der Waals surface area contributed by atoms with Crippen LogP contribution >= 0.6 is 0 Å². The third-order valence-corrected chi connectivity index (χ3v) is 4.57. The number of aryl methyl sites for hydroxylation is 2. The molecule has 0 saturated carbocycles. The Morgan fingerprint density at radius 1 is 1.36 bits per heavy atom. The molecule has 0 aliphatic carbocycles. The molecule has 0 radical (unpaired) electrons. The zero-order valence-electron chi connectivity index (χ0n) is 14.7. The van der Waals surface area contributed by atoms with Crippen LogP contribution in [0.25, 0.3) is 0 Å². The summed E-state index contributed by atoms with van der Waals surface area (Å²) in [4.78, 5) is 16.3. The number of benzene rings is 1. The molecule has 1 unspecified atom stereocenters. The van der Waals surface area contributed by atoms with Crippen LogP contribution < -0.4 is 14.8 Å². The summed E-state index contributed by atoms with van der Waals surface area (Å²) in [6.45, 7) is 3.43. The van der Waals surface area contributed by atoms with Crippen LogP contribution in [0.4, 0.5) is 0 Å². The lowest BCUT2D eigenvalue weighted by Gasteiger charge is -2.10. The Balaban J connectivity index is 1.41. The number of hydrogen-bond donors (Lipinski definition) is 1. The highest BCUT2D eigenvalue weighted by atomic mass is 16.5. The SMILES string of the molecule is COc1ccc(CCC(=O)NCCC2COc3c(C)cccc32)nc1. The van der Waals surface area contributed by atoms with Gasteiger partial charge in [-0.1, -0.05) is 18.2 Å². The lowest BCUT2D eigenvalue weighted by atomic mass is 9.96. The van der Waals surface area contributed by atoms with Crippen LogP contribution in [-0.4, -0.2) is 31.2 Å². The van der Waals surface area contributed by atoms with E-state index in [1.807, 2.05) is 12.1 Å². The van der Waals surface area contributed by atoms with E-state index in [9.17, 15) is 4.79 Å². The Hall–Kier alpha value is -2.56. The van der Waals surface area contributed by atoms with Crippen molar-refractivity contribution in [2.45, 2.75) is 32.1 Å². The standard InChI is InChI=1S/C20H24N2O3/c1-14-4-3-5-18-15(13-25-20(14)18)10-11-21-19(23)9-7-16-6-8-17(24-2)12-22-16/h3-6,8,12,15H,7,9-11,13H2,1-2H3,(H,21,23). The van der Waals surface area contributed by atoms with Crippen LogP contribution in [0.5, 0.6) is 11.5 Å². The molecule has 2 heterocycles. The molecule has 5 heteroatoms. The number of carbonyl (C=O) groups is 1. The first-order valence-electron chi connectivity index (χ1n) is 8.65. The zero-order chi connectivity index (χ0) is 17.6. The predicted molar refractivity (Wildman–Crippen MR) is 96.2 cm³/mol. The van der Waals surface area contributed by atoms with E-state index < -0.39 is 0 Å². The van der Waals surface area contributed by atoms with E-state index in [1.165, 1.54) is 11.1 Å². The van der Waals surface area contributed by atoms with Crippen molar-refractivity contribution >= 4 is 5.91 Å². The second kappa shape index (κ2) is 8.01. The summed E-state index contributed by atoms with van der Waals surface area (Å²) in [5.41, 5.74) is 3.33. The maximum atomic E-state index is 12.0. The number of para-hydroxylation sites is 1. The average molecular weight is 340 g/mol. The second-order valence-corrected chi connectivity index (χ2v) is 6.33. The van der Waals surface area contributed by atoms with E-state index in [4.69, 9.17) is 9.47 Å². The molecule has 132 valence electrons. The van der Waals surface area contributed by atoms with Crippen LogP contribution in [0.15, 0.2) is 36.5 Å². The van der Waals surface area contributed by atoms with Gasteiger partial charge in [0.25, 0.3) is 0 Å². The Kier molecular flexibility index (Phi) is 5.53. The highest BCUT2D eigenvalue weighted by Crippen LogP contribution is 2.37. The molecule has 1 aromatic heterocycles. The number of hydrogen-bond acceptors (Lipinski definition) is 4. The van der Waals surface area contributed by atoms with E-state index in [1.54, 1.807) is 13.3 Å². The third kappa shape index (κ3) is 4.29. The number of pyridine rings is 1. The number of rotatable bonds is 7. The maximum absolute atomic E-state index is 12.0. The number of amides is 1. The minimum absolute atomic E-state index is 0.0565. The van der Waals surface area contributed by atoms with E-state index in [-0.39, 0.29) is 5.91 Å². The first-order chi connectivity index (χ1) is 12.2. The van der Waals surface area contributed by atoms with Gasteiger partial charge in [-0.05, 0) is 37.5 Å². The van der Waals surface area contributed by atoms with Gasteiger partial charge in [-0.3, -0.25) is 9.78 Å². The normalized spacial score (nSPS) is 15.4. The smallest absolute Gasteiger partial charge is 0.220 e. The molecular formula is C20H24N2O3. The van der Waals surface area contributed by atoms with Crippen molar-refractivity contribution in [1.82, 2.24) is 10.3 Å². The molecule has 25 heavy (non-hydrogen) atoms. The Morgan fingerprint density at radius 2 is 2.24 bits per heavy atom. The zero-order valence-corrected chi connectivity index (χ0v) is 14.7. The first-order valence-corrected chi connectivity index (χ1v) is 8.65. The van der Waals surface area contributed by atoms with Crippen LogP contribution in [0.1, 0.15) is 35.6 Å². The van der Waals surface area contributed by atoms with Crippen molar-refractivity contribution in [3.8, 4) is 11.5 Å². The average Bonchev–Trinajstić information content (AvgIpc) is 3.05.